The number of hydrogen-bond donors (Lipinski definition) is 3. The molecule has 1 heterocycles. The molecule has 1 aliphatic rings. The highest BCUT2D eigenvalue weighted by Crippen LogP contribution is 2.22. The number of carbonyl (C=O) groups is 4. The van der Waals surface area contributed by atoms with Gasteiger partial charge in [-0.05, 0) is 49.8 Å². The molecule has 36 heavy (non-hydrogen) atoms. The lowest BCUT2D eigenvalue weighted by Crippen LogP contribution is -2.44. The first-order chi connectivity index (χ1) is 17.1. The molecule has 3 amide bonds. The fraction of sp³-hybridized carbons (Fsp3) is 0.458. The van der Waals surface area contributed by atoms with Gasteiger partial charge in [-0.25, -0.2) is 18.3 Å². The van der Waals surface area contributed by atoms with Gasteiger partial charge < -0.3 is 21.1 Å². The van der Waals surface area contributed by atoms with E-state index in [9.17, 15) is 28.0 Å². The van der Waals surface area contributed by atoms with E-state index in [2.05, 4.69) is 15.7 Å². The van der Waals surface area contributed by atoms with Gasteiger partial charge in [-0.1, -0.05) is 13.3 Å². The van der Waals surface area contributed by atoms with E-state index in [-0.39, 0.29) is 36.0 Å². The standard InChI is InChI=1S/C24H29F2N5O5/c1-2-18(28-22(33)10-14-8-15(25)11-16(26)9-14)23(34)29-21-12-19(30-31(21)13-20(27)32)24(35)36-17-6-4-3-5-7-17/h8-9,11-12,17-18H,2-7,10,13H2,1H3,(H2,27,32)(H,28,33)(H,29,34). The number of primary amides is 1. The summed E-state index contributed by atoms with van der Waals surface area (Å²) in [6.07, 6.45) is 4.18. The Morgan fingerprint density at radius 2 is 1.78 bits per heavy atom. The largest absolute Gasteiger partial charge is 0.458 e. The number of ether oxygens (including phenoxy) is 1. The molecule has 1 fully saturated rings. The molecule has 1 atom stereocenters. The summed E-state index contributed by atoms with van der Waals surface area (Å²) < 4.78 is 33.3. The van der Waals surface area contributed by atoms with Crippen LogP contribution in [0.1, 0.15) is 61.5 Å². The molecule has 0 radical (unpaired) electrons. The Hall–Kier alpha value is -3.83. The highest BCUT2D eigenvalue weighted by molar-refractivity contribution is 5.98. The maximum atomic E-state index is 13.4. The molecule has 0 aliphatic heterocycles. The molecule has 1 saturated carbocycles. The van der Waals surface area contributed by atoms with Gasteiger partial charge in [-0.2, -0.15) is 5.10 Å². The summed E-state index contributed by atoms with van der Waals surface area (Å²) in [5, 5.41) is 9.11. The van der Waals surface area contributed by atoms with Gasteiger partial charge in [0.15, 0.2) is 5.69 Å². The van der Waals surface area contributed by atoms with Crippen LogP contribution in [-0.4, -0.2) is 45.6 Å². The summed E-state index contributed by atoms with van der Waals surface area (Å²) in [5.74, 6) is -4.30. The van der Waals surface area contributed by atoms with Crippen LogP contribution in [-0.2, 0) is 32.1 Å². The molecular formula is C24H29F2N5O5. The topological polar surface area (TPSA) is 145 Å². The zero-order valence-corrected chi connectivity index (χ0v) is 19.9. The molecule has 0 spiro atoms. The first-order valence-corrected chi connectivity index (χ1v) is 11.8. The Kier molecular flexibility index (Phi) is 9.09. The summed E-state index contributed by atoms with van der Waals surface area (Å²) in [4.78, 5) is 49.3. The lowest BCUT2D eigenvalue weighted by molar-refractivity contribution is -0.126. The Balaban J connectivity index is 1.68. The van der Waals surface area contributed by atoms with Crippen molar-refractivity contribution in [3.63, 3.8) is 0 Å². The minimum atomic E-state index is -1.01. The third-order valence-electron chi connectivity index (χ3n) is 5.72. The van der Waals surface area contributed by atoms with Gasteiger partial charge in [0.25, 0.3) is 0 Å². The van der Waals surface area contributed by atoms with Gasteiger partial charge in [0.2, 0.25) is 17.7 Å². The van der Waals surface area contributed by atoms with E-state index in [1.807, 2.05) is 0 Å². The number of rotatable bonds is 10. The number of anilines is 1. The summed E-state index contributed by atoms with van der Waals surface area (Å²) in [6, 6.07) is 3.01. The predicted molar refractivity (Wildman–Crippen MR) is 125 cm³/mol. The van der Waals surface area contributed by atoms with Gasteiger partial charge in [-0.3, -0.25) is 14.4 Å². The van der Waals surface area contributed by atoms with Crippen LogP contribution in [0.5, 0.6) is 0 Å². The van der Waals surface area contributed by atoms with E-state index in [1.54, 1.807) is 6.92 Å². The number of halogens is 2. The number of carbonyl (C=O) groups excluding carboxylic acids is 4. The third kappa shape index (κ3) is 7.59. The van der Waals surface area contributed by atoms with Crippen LogP contribution >= 0.6 is 0 Å². The molecular weight excluding hydrogens is 476 g/mol. The number of amides is 3. The van der Waals surface area contributed by atoms with E-state index < -0.39 is 47.9 Å². The SMILES string of the molecule is CCC(NC(=O)Cc1cc(F)cc(F)c1)C(=O)Nc1cc(C(=O)OC2CCCCC2)nn1CC(N)=O. The molecule has 1 aromatic heterocycles. The van der Waals surface area contributed by atoms with Gasteiger partial charge in [-0.15, -0.1) is 0 Å². The van der Waals surface area contributed by atoms with E-state index in [0.29, 0.717) is 6.07 Å². The third-order valence-corrected chi connectivity index (χ3v) is 5.72. The average molecular weight is 506 g/mol. The lowest BCUT2D eigenvalue weighted by atomic mass is 9.98. The molecule has 1 aromatic carbocycles. The van der Waals surface area contributed by atoms with Crippen LogP contribution in [0.25, 0.3) is 0 Å². The van der Waals surface area contributed by atoms with Crippen molar-refractivity contribution in [2.75, 3.05) is 5.32 Å². The highest BCUT2D eigenvalue weighted by Gasteiger charge is 2.25. The molecule has 0 saturated heterocycles. The molecule has 0 bridgehead atoms. The molecule has 12 heteroatoms. The van der Waals surface area contributed by atoms with Crippen LogP contribution in [0.4, 0.5) is 14.6 Å². The number of benzene rings is 1. The van der Waals surface area contributed by atoms with E-state index >= 15 is 0 Å². The van der Waals surface area contributed by atoms with Crippen LogP contribution in [0.15, 0.2) is 24.3 Å². The quantitative estimate of drug-likeness (QED) is 0.422. The number of hydrogen-bond acceptors (Lipinski definition) is 6. The Morgan fingerprint density at radius 1 is 1.11 bits per heavy atom. The Morgan fingerprint density at radius 3 is 2.39 bits per heavy atom. The van der Waals surface area contributed by atoms with Crippen molar-refractivity contribution in [1.29, 1.82) is 0 Å². The normalized spacial score (nSPS) is 14.6. The first kappa shape index (κ1) is 26.8. The predicted octanol–water partition coefficient (Wildman–Crippen LogP) is 2.21. The van der Waals surface area contributed by atoms with Crippen molar-refractivity contribution in [1.82, 2.24) is 15.1 Å². The molecule has 2 aromatic rings. The maximum absolute atomic E-state index is 13.4. The van der Waals surface area contributed by atoms with Gasteiger partial charge in [0.1, 0.15) is 36.1 Å². The minimum Gasteiger partial charge on any atom is -0.458 e. The molecule has 1 aliphatic carbocycles. The summed E-state index contributed by atoms with van der Waals surface area (Å²) >= 11 is 0. The highest BCUT2D eigenvalue weighted by atomic mass is 19.1. The maximum Gasteiger partial charge on any atom is 0.359 e. The van der Waals surface area contributed by atoms with Crippen molar-refractivity contribution >= 4 is 29.5 Å². The second-order valence-electron chi connectivity index (χ2n) is 8.68. The Labute approximate surface area is 206 Å². The molecule has 194 valence electrons. The molecule has 10 nitrogen and oxygen atoms in total. The van der Waals surface area contributed by atoms with Crippen LogP contribution < -0.4 is 16.4 Å². The number of nitrogens with two attached hydrogens (primary N) is 1. The van der Waals surface area contributed by atoms with E-state index in [1.165, 1.54) is 6.07 Å². The lowest BCUT2D eigenvalue weighted by Gasteiger charge is -2.21. The van der Waals surface area contributed by atoms with Gasteiger partial charge in [0, 0.05) is 12.1 Å². The van der Waals surface area contributed by atoms with Crippen LogP contribution in [0.2, 0.25) is 0 Å². The first-order valence-electron chi connectivity index (χ1n) is 11.8. The molecule has 3 rings (SSSR count). The van der Waals surface area contributed by atoms with Crippen LogP contribution in [0, 0.1) is 11.6 Å². The minimum absolute atomic E-state index is 0.0225. The summed E-state index contributed by atoms with van der Waals surface area (Å²) in [5.41, 5.74) is 5.28. The summed E-state index contributed by atoms with van der Waals surface area (Å²) in [7, 11) is 0. The smallest absolute Gasteiger partial charge is 0.359 e. The van der Waals surface area contributed by atoms with E-state index in [4.69, 9.17) is 10.5 Å². The van der Waals surface area contributed by atoms with Crippen molar-refractivity contribution in [3.05, 3.63) is 47.2 Å². The van der Waals surface area contributed by atoms with Crippen LogP contribution in [0.3, 0.4) is 0 Å². The Bertz CT molecular complexity index is 1110. The monoisotopic (exact) mass is 505 g/mol. The number of nitrogens with zero attached hydrogens (tertiary/aromatic N) is 2. The zero-order chi connectivity index (χ0) is 26.2. The second-order valence-corrected chi connectivity index (χ2v) is 8.68. The van der Waals surface area contributed by atoms with Crippen molar-refractivity contribution in [3.8, 4) is 0 Å². The average Bonchev–Trinajstić information content (AvgIpc) is 3.19. The fourth-order valence-corrected chi connectivity index (χ4v) is 3.99. The molecule has 1 unspecified atom stereocenters. The van der Waals surface area contributed by atoms with Gasteiger partial charge >= 0.3 is 5.97 Å². The van der Waals surface area contributed by atoms with Gasteiger partial charge in [0.05, 0.1) is 6.42 Å². The second kappa shape index (κ2) is 12.2. The number of esters is 1. The van der Waals surface area contributed by atoms with E-state index in [0.717, 1.165) is 48.9 Å². The van der Waals surface area contributed by atoms with Crippen molar-refractivity contribution in [2.45, 2.75) is 70.6 Å². The molecule has 4 N–H and O–H groups in total. The number of aromatic nitrogens is 2. The van der Waals surface area contributed by atoms with Crippen molar-refractivity contribution in [2.24, 2.45) is 5.73 Å². The zero-order valence-electron chi connectivity index (χ0n) is 19.9. The van der Waals surface area contributed by atoms with Crippen molar-refractivity contribution < 1.29 is 32.7 Å². The number of nitrogens with one attached hydrogen (secondary N) is 2. The summed E-state index contributed by atoms with van der Waals surface area (Å²) in [6.45, 7) is 1.25. The fourth-order valence-electron chi connectivity index (χ4n) is 3.99.